The summed E-state index contributed by atoms with van der Waals surface area (Å²) >= 11 is 5.64. The van der Waals surface area contributed by atoms with E-state index in [1.54, 1.807) is 0 Å². The Balaban J connectivity index is 0.000000102. The highest BCUT2D eigenvalue weighted by Crippen LogP contribution is 2.48. The molecular weight excluding hydrogens is 1660 g/mol. The van der Waals surface area contributed by atoms with Crippen molar-refractivity contribution in [1.29, 1.82) is 0 Å². The average molecular weight is 1750 g/mol. The highest BCUT2D eigenvalue weighted by atomic mass is 32.1. The van der Waals surface area contributed by atoms with Gasteiger partial charge in [-0.25, -0.2) is 0 Å². The molecule has 0 fully saturated rings. The maximum atomic E-state index is 2.46. The van der Waals surface area contributed by atoms with Crippen LogP contribution >= 0.6 is 34.0 Å². The molecular formula is C127H85N3S3. The normalized spacial score (nSPS) is 11.5. The lowest BCUT2D eigenvalue weighted by Gasteiger charge is -2.13. The monoisotopic (exact) mass is 1750 g/mol. The van der Waals surface area contributed by atoms with Crippen LogP contribution in [0.3, 0.4) is 0 Å². The van der Waals surface area contributed by atoms with Crippen LogP contribution < -0.4 is 0 Å². The van der Waals surface area contributed by atoms with Crippen LogP contribution in [-0.2, 0) is 7.05 Å². The zero-order chi connectivity index (χ0) is 88.2. The molecule has 0 atom stereocenters. The summed E-state index contributed by atoms with van der Waals surface area (Å²) in [5.41, 5.74) is 32.0. The highest BCUT2D eigenvalue weighted by molar-refractivity contribution is 7.26. The second kappa shape index (κ2) is 34.6. The number of hydrogen-bond acceptors (Lipinski definition) is 3. The molecule has 0 unspecified atom stereocenters. The van der Waals surface area contributed by atoms with E-state index in [1.165, 1.54) is 237 Å². The number of aromatic nitrogens is 3. The number of nitrogens with zero attached hydrogens (tertiary/aromatic N) is 3. The Hall–Kier alpha value is -16.3. The van der Waals surface area contributed by atoms with Crippen LogP contribution in [0.5, 0.6) is 0 Å². The maximum absolute atomic E-state index is 2.46. The quantitative estimate of drug-likeness (QED) is 0.123. The number of thiophene rings is 3. The minimum Gasteiger partial charge on any atom is -0.344 e. The summed E-state index contributed by atoms with van der Waals surface area (Å²) in [6.07, 6.45) is 0. The lowest BCUT2D eigenvalue weighted by Crippen LogP contribution is -1.94. The lowest BCUT2D eigenvalue weighted by molar-refractivity contribution is 1.02. The first kappa shape index (κ1) is 80.0. The summed E-state index contributed by atoms with van der Waals surface area (Å²) in [4.78, 5) is 0. The van der Waals surface area contributed by atoms with Gasteiger partial charge >= 0.3 is 0 Å². The van der Waals surface area contributed by atoms with E-state index < -0.39 is 0 Å². The van der Waals surface area contributed by atoms with Gasteiger partial charge in [-0.15, -0.1) is 34.0 Å². The Kier molecular flexibility index (Phi) is 20.8. The molecule has 0 bridgehead atoms. The van der Waals surface area contributed by atoms with Gasteiger partial charge in [0.2, 0.25) is 0 Å². The predicted molar refractivity (Wildman–Crippen MR) is 576 cm³/mol. The van der Waals surface area contributed by atoms with Crippen molar-refractivity contribution in [3.8, 4) is 112 Å². The van der Waals surface area contributed by atoms with Crippen molar-refractivity contribution < 1.29 is 0 Å². The Labute approximate surface area is 783 Å². The SMILES string of the molecule is Cn1c2ccccc2c2cc3c(cc21)sc1ccccc13.c1ccc(-c2cc(-c3ccccc3)cc(-c3ccc(-n4c5ccccc5c5c6c(ccc54)sc4ccccc46)cc3)c2)cc1.c1ccc(-c2cc(-c3ccccc3)cc(-c3ccc(-n4c5ccccc5c5ccc6sc7ccccc7c6c54)cc3)c2)cc1.c1ccc(-c2cc(-c3ccccc3)cc(-c3ccccc3)c2)cc1. The molecule has 27 rings (SSSR count). The van der Waals surface area contributed by atoms with Gasteiger partial charge < -0.3 is 13.7 Å². The van der Waals surface area contributed by atoms with E-state index in [2.05, 4.69) is 518 Å². The van der Waals surface area contributed by atoms with Gasteiger partial charge in [0.05, 0.1) is 27.6 Å². The van der Waals surface area contributed by atoms with E-state index in [0.29, 0.717) is 0 Å². The fraction of sp³-hybridized carbons (Fsp3) is 0.00787. The largest absolute Gasteiger partial charge is 0.344 e. The molecule has 0 amide bonds. The molecule has 6 heterocycles. The fourth-order valence-electron chi connectivity index (χ4n) is 19.9. The fourth-order valence-corrected chi connectivity index (χ4v) is 23.2. The Bertz CT molecular complexity index is 8760. The molecule has 0 aliphatic carbocycles. The second-order valence-electron chi connectivity index (χ2n) is 34.2. The summed E-state index contributed by atoms with van der Waals surface area (Å²) < 4.78 is 15.3. The van der Waals surface area contributed by atoms with E-state index in [0.717, 1.165) is 0 Å². The van der Waals surface area contributed by atoms with Crippen molar-refractivity contribution in [3.05, 3.63) is 497 Å². The van der Waals surface area contributed by atoms with Crippen LogP contribution in [0.15, 0.2) is 497 Å². The molecule has 21 aromatic carbocycles. The van der Waals surface area contributed by atoms with E-state index in [-0.39, 0.29) is 0 Å². The minimum atomic E-state index is 1.17. The maximum Gasteiger partial charge on any atom is 0.0634 e. The highest BCUT2D eigenvalue weighted by Gasteiger charge is 2.23. The molecule has 6 aromatic heterocycles. The smallest absolute Gasteiger partial charge is 0.0634 e. The molecule has 0 aliphatic heterocycles. The summed E-state index contributed by atoms with van der Waals surface area (Å²) in [5.74, 6) is 0. The third-order valence-electron chi connectivity index (χ3n) is 26.2. The van der Waals surface area contributed by atoms with Gasteiger partial charge in [0.25, 0.3) is 0 Å². The topological polar surface area (TPSA) is 14.8 Å². The van der Waals surface area contributed by atoms with Crippen molar-refractivity contribution >= 4 is 160 Å². The van der Waals surface area contributed by atoms with Crippen LogP contribution in [0.4, 0.5) is 0 Å². The van der Waals surface area contributed by atoms with Crippen molar-refractivity contribution in [3.63, 3.8) is 0 Å². The van der Waals surface area contributed by atoms with Crippen molar-refractivity contribution in [2.24, 2.45) is 7.05 Å². The summed E-state index contributed by atoms with van der Waals surface area (Å²) in [5, 5.41) is 16.0. The van der Waals surface area contributed by atoms with E-state index >= 15 is 0 Å². The zero-order valence-electron chi connectivity index (χ0n) is 72.9. The minimum absolute atomic E-state index is 1.17. The molecule has 133 heavy (non-hydrogen) atoms. The van der Waals surface area contributed by atoms with Crippen LogP contribution in [-0.4, -0.2) is 13.7 Å². The third kappa shape index (κ3) is 15.0. The molecule has 0 radical (unpaired) electrons. The summed E-state index contributed by atoms with van der Waals surface area (Å²) in [6, 6.07) is 180. The molecule has 0 N–H and O–H groups in total. The number of benzene rings is 21. The van der Waals surface area contributed by atoms with Crippen molar-refractivity contribution in [1.82, 2.24) is 13.7 Å². The summed E-state index contributed by atoms with van der Waals surface area (Å²) in [6.45, 7) is 0. The molecule has 0 saturated carbocycles. The lowest BCUT2D eigenvalue weighted by atomic mass is 9.93. The van der Waals surface area contributed by atoms with Gasteiger partial charge in [-0.3, -0.25) is 0 Å². The average Bonchev–Trinajstić information content (AvgIpc) is 1.56. The molecule has 0 saturated heterocycles. The van der Waals surface area contributed by atoms with Crippen LogP contribution in [0.2, 0.25) is 0 Å². The molecule has 626 valence electrons. The second-order valence-corrected chi connectivity index (χ2v) is 37.4. The Morgan fingerprint density at radius 3 is 0.850 bits per heavy atom. The van der Waals surface area contributed by atoms with Gasteiger partial charge in [0.15, 0.2) is 0 Å². The number of rotatable bonds is 11. The number of fused-ring (bicyclic) bond motifs is 20. The van der Waals surface area contributed by atoms with E-state index in [4.69, 9.17) is 0 Å². The standard InChI is InChI=1S/2C42H27NS.C24H18.C19H13NS/c1-3-11-28(12-4-1)31-25-32(29-13-5-2-6-14-29)27-33(26-31)30-19-21-34(22-20-30)43-38-17-9-7-15-35(38)36-23-24-40-41(42(36)43)37-16-8-10-18-39(37)44-40;1-3-11-28(12-4-1)31-25-32(29-13-5-2-6-14-29)27-33(26-31)30-19-21-34(22-20-30)43-37-17-9-7-15-35(37)41-38(43)23-24-40-42(41)36-16-8-10-18-39(36)44-40;1-4-10-19(11-5-1)22-16-23(20-12-6-2-7-13-20)18-24(17-22)21-14-8-3-9-15-21;1-20-16-8-4-2-6-12(16)14-10-15-13-7-3-5-9-18(13)21-19(15)11-17(14)20/h2*1-27H;1-18H;2-11H,1H3. The predicted octanol–water partition coefficient (Wildman–Crippen LogP) is 36.7. The van der Waals surface area contributed by atoms with E-state index in [9.17, 15) is 0 Å². The van der Waals surface area contributed by atoms with E-state index in [1.807, 2.05) is 34.0 Å². The molecule has 27 aromatic rings. The van der Waals surface area contributed by atoms with Crippen LogP contribution in [0, 0.1) is 0 Å². The molecule has 0 spiro atoms. The first-order valence-electron chi connectivity index (χ1n) is 45.4. The Morgan fingerprint density at radius 1 is 0.143 bits per heavy atom. The number of para-hydroxylation sites is 3. The first-order valence-corrected chi connectivity index (χ1v) is 47.8. The molecule has 6 heteroatoms. The number of aryl methyl sites for hydroxylation is 1. The zero-order valence-corrected chi connectivity index (χ0v) is 75.4. The van der Waals surface area contributed by atoms with Crippen LogP contribution in [0.25, 0.3) is 237 Å². The number of hydrogen-bond donors (Lipinski definition) is 0. The first-order chi connectivity index (χ1) is 65.9. The van der Waals surface area contributed by atoms with Crippen molar-refractivity contribution in [2.75, 3.05) is 0 Å². The van der Waals surface area contributed by atoms with Gasteiger partial charge in [-0.1, -0.05) is 352 Å². The van der Waals surface area contributed by atoms with Gasteiger partial charge in [0.1, 0.15) is 0 Å². The summed E-state index contributed by atoms with van der Waals surface area (Å²) in [7, 11) is 2.16. The van der Waals surface area contributed by atoms with Gasteiger partial charge in [-0.2, -0.15) is 0 Å². The van der Waals surface area contributed by atoms with Gasteiger partial charge in [0, 0.05) is 117 Å². The third-order valence-corrected chi connectivity index (χ3v) is 29.6. The Morgan fingerprint density at radius 2 is 0.436 bits per heavy atom. The van der Waals surface area contributed by atoms with Crippen molar-refractivity contribution in [2.45, 2.75) is 0 Å². The van der Waals surface area contributed by atoms with Crippen LogP contribution in [0.1, 0.15) is 0 Å². The molecule has 3 nitrogen and oxygen atoms in total. The van der Waals surface area contributed by atoms with Gasteiger partial charge in [-0.05, 0) is 246 Å². The molecule has 0 aliphatic rings.